The summed E-state index contributed by atoms with van der Waals surface area (Å²) in [5.74, 6) is -11.8. The lowest BCUT2D eigenvalue weighted by Crippen LogP contribution is -2.47. The van der Waals surface area contributed by atoms with Crippen molar-refractivity contribution in [3.05, 3.63) is 82.8 Å². The molecule has 1 N–H and O–H groups in total. The molecule has 0 atom stereocenters. The number of fused-ring (bicyclic) bond motifs is 2. The zero-order valence-corrected chi connectivity index (χ0v) is 26.0. The Bertz CT molecular complexity index is 1630. The Kier molecular flexibility index (Phi) is 10.5. The summed E-state index contributed by atoms with van der Waals surface area (Å²) in [4.78, 5) is 51.2. The summed E-state index contributed by atoms with van der Waals surface area (Å²) >= 11 is 0. The molecule has 0 aliphatic carbocycles. The summed E-state index contributed by atoms with van der Waals surface area (Å²) < 4.78 is 70.9. The van der Waals surface area contributed by atoms with E-state index in [1.165, 1.54) is 11.1 Å². The quantitative estimate of drug-likeness (QED) is 0.186. The van der Waals surface area contributed by atoms with Crippen LogP contribution >= 0.6 is 0 Å². The number of likely N-dealkylation sites (N-methyl/N-ethyl adjacent to an activating group) is 1. The van der Waals surface area contributed by atoms with Gasteiger partial charge in [-0.25, -0.2) is 26.9 Å². The standard InChI is InChI=1S/C33H35F5N6O3/c1-3-41(4-2)16-17-43(18-22-26(34)28(36)30(38)29(37)27(22)35)33(47)20-11-14-42(15-12-20)19-25(45)44-24-10-6-5-8-21(24)32(46)40-23-9-7-13-39-31(23)44/h5-10,13,20H,3-4,11-12,14-19H2,1-2H3,(H,40,46). The first kappa shape index (κ1) is 33.9. The SMILES string of the molecule is CCN(CC)CCN(Cc1c(F)c(F)c(F)c(F)c1F)C(=O)C1CCN(CC(=O)N2c3ccccc3C(=O)Nc3cccnc32)CC1. The lowest BCUT2D eigenvalue weighted by molar-refractivity contribution is -0.138. The monoisotopic (exact) mass is 658 g/mol. The van der Waals surface area contributed by atoms with Crippen molar-refractivity contribution >= 4 is 34.9 Å². The molecule has 0 spiro atoms. The Balaban J connectivity index is 1.31. The fraction of sp³-hybridized carbons (Fsp3) is 0.394. The molecule has 2 aromatic carbocycles. The van der Waals surface area contributed by atoms with E-state index in [2.05, 4.69) is 10.3 Å². The van der Waals surface area contributed by atoms with E-state index in [1.54, 1.807) is 36.4 Å². The highest BCUT2D eigenvalue weighted by Gasteiger charge is 2.35. The molecule has 1 aromatic heterocycles. The molecule has 0 bridgehead atoms. The summed E-state index contributed by atoms with van der Waals surface area (Å²) in [6.07, 6.45) is 2.13. The average Bonchev–Trinajstić information content (AvgIpc) is 3.21. The van der Waals surface area contributed by atoms with Crippen molar-refractivity contribution in [2.45, 2.75) is 33.2 Å². The Morgan fingerprint density at radius 2 is 1.53 bits per heavy atom. The maximum Gasteiger partial charge on any atom is 0.257 e. The number of nitrogens with zero attached hydrogens (tertiary/aromatic N) is 5. The largest absolute Gasteiger partial charge is 0.337 e. The van der Waals surface area contributed by atoms with Crippen LogP contribution in [0.15, 0.2) is 42.6 Å². The molecule has 3 amide bonds. The van der Waals surface area contributed by atoms with Crippen LogP contribution in [0.3, 0.4) is 0 Å². The van der Waals surface area contributed by atoms with E-state index in [4.69, 9.17) is 0 Å². The number of carbonyl (C=O) groups is 3. The molecule has 14 heteroatoms. The number of hydrogen-bond donors (Lipinski definition) is 1. The second-order valence-electron chi connectivity index (χ2n) is 11.5. The highest BCUT2D eigenvalue weighted by Crippen LogP contribution is 2.36. The molecular weight excluding hydrogens is 623 g/mol. The third kappa shape index (κ3) is 6.98. The van der Waals surface area contributed by atoms with E-state index >= 15 is 0 Å². The van der Waals surface area contributed by atoms with Crippen LogP contribution in [0.5, 0.6) is 0 Å². The Morgan fingerprint density at radius 1 is 0.894 bits per heavy atom. The number of hydrogen-bond acceptors (Lipinski definition) is 6. The molecular formula is C33H35F5N6O3. The first-order valence-corrected chi connectivity index (χ1v) is 15.5. The van der Waals surface area contributed by atoms with Crippen LogP contribution < -0.4 is 10.2 Å². The minimum atomic E-state index is -2.25. The van der Waals surface area contributed by atoms with Crippen molar-refractivity contribution < 1.29 is 36.3 Å². The molecule has 0 radical (unpaired) electrons. The highest BCUT2D eigenvalue weighted by atomic mass is 19.2. The summed E-state index contributed by atoms with van der Waals surface area (Å²) in [5, 5.41) is 2.79. The number of nitrogens with one attached hydrogen (secondary N) is 1. The first-order valence-electron chi connectivity index (χ1n) is 15.5. The molecule has 2 aliphatic heterocycles. The highest BCUT2D eigenvalue weighted by molar-refractivity contribution is 6.17. The van der Waals surface area contributed by atoms with Crippen LogP contribution in [0, 0.1) is 35.0 Å². The molecule has 9 nitrogen and oxygen atoms in total. The van der Waals surface area contributed by atoms with Gasteiger partial charge in [0.15, 0.2) is 29.1 Å². The number of amides is 3. The Labute approximate surface area is 268 Å². The van der Waals surface area contributed by atoms with Gasteiger partial charge in [0.05, 0.1) is 30.0 Å². The second kappa shape index (κ2) is 14.6. The van der Waals surface area contributed by atoms with Gasteiger partial charge in [-0.1, -0.05) is 26.0 Å². The third-order valence-electron chi connectivity index (χ3n) is 8.72. The molecule has 3 aromatic rings. The van der Waals surface area contributed by atoms with Crippen molar-refractivity contribution in [1.82, 2.24) is 19.7 Å². The van der Waals surface area contributed by atoms with Crippen LogP contribution in [-0.2, 0) is 16.1 Å². The number of rotatable bonds is 10. The lowest BCUT2D eigenvalue weighted by atomic mass is 9.94. The zero-order valence-electron chi connectivity index (χ0n) is 26.0. The van der Waals surface area contributed by atoms with Gasteiger partial charge >= 0.3 is 0 Å². The van der Waals surface area contributed by atoms with Crippen molar-refractivity contribution in [3.8, 4) is 0 Å². The fourth-order valence-electron chi connectivity index (χ4n) is 6.00. The number of piperidine rings is 1. The van der Waals surface area contributed by atoms with Crippen LogP contribution in [0.1, 0.15) is 42.6 Å². The molecule has 0 unspecified atom stereocenters. The third-order valence-corrected chi connectivity index (χ3v) is 8.72. The fourth-order valence-corrected chi connectivity index (χ4v) is 6.00. The summed E-state index contributed by atoms with van der Waals surface area (Å²) in [6.45, 7) is 5.28. The van der Waals surface area contributed by atoms with Gasteiger partial charge in [0.2, 0.25) is 17.6 Å². The van der Waals surface area contributed by atoms with Crippen molar-refractivity contribution in [3.63, 3.8) is 0 Å². The number of anilines is 3. The van der Waals surface area contributed by atoms with Crippen LogP contribution in [0.2, 0.25) is 0 Å². The van der Waals surface area contributed by atoms with E-state index in [-0.39, 0.29) is 30.7 Å². The van der Waals surface area contributed by atoms with E-state index in [9.17, 15) is 36.3 Å². The molecule has 3 heterocycles. The number of benzene rings is 2. The van der Waals surface area contributed by atoms with Crippen molar-refractivity contribution in [2.75, 3.05) is 56.0 Å². The summed E-state index contributed by atoms with van der Waals surface area (Å²) in [7, 11) is 0. The van der Waals surface area contributed by atoms with E-state index in [1.807, 2.05) is 23.6 Å². The molecule has 5 rings (SSSR count). The summed E-state index contributed by atoms with van der Waals surface area (Å²) in [6, 6.07) is 10.0. The van der Waals surface area contributed by atoms with E-state index < -0.39 is 53.0 Å². The zero-order chi connectivity index (χ0) is 33.8. The smallest absolute Gasteiger partial charge is 0.257 e. The molecule has 0 saturated carbocycles. The van der Waals surface area contributed by atoms with Gasteiger partial charge in [0.25, 0.3) is 5.91 Å². The molecule has 2 aliphatic rings. The topological polar surface area (TPSA) is 89.1 Å². The number of likely N-dealkylation sites (tertiary alicyclic amines) is 1. The number of halogens is 5. The van der Waals surface area contributed by atoms with Gasteiger partial charge in [-0.2, -0.15) is 0 Å². The normalized spacial score (nSPS) is 15.2. The van der Waals surface area contributed by atoms with Crippen LogP contribution in [0.25, 0.3) is 0 Å². The van der Waals surface area contributed by atoms with E-state index in [0.29, 0.717) is 62.5 Å². The molecule has 1 fully saturated rings. The van der Waals surface area contributed by atoms with Crippen LogP contribution in [-0.4, -0.2) is 83.2 Å². The first-order chi connectivity index (χ1) is 22.5. The van der Waals surface area contributed by atoms with Gasteiger partial charge in [-0.15, -0.1) is 0 Å². The minimum Gasteiger partial charge on any atom is -0.337 e. The maximum absolute atomic E-state index is 14.6. The van der Waals surface area contributed by atoms with Gasteiger partial charge in [-0.3, -0.25) is 24.2 Å². The number of aromatic nitrogens is 1. The van der Waals surface area contributed by atoms with Crippen molar-refractivity contribution in [2.24, 2.45) is 5.92 Å². The molecule has 47 heavy (non-hydrogen) atoms. The van der Waals surface area contributed by atoms with Gasteiger partial charge in [-0.05, 0) is 63.3 Å². The maximum atomic E-state index is 14.6. The average molecular weight is 659 g/mol. The Morgan fingerprint density at radius 3 is 2.19 bits per heavy atom. The van der Waals surface area contributed by atoms with Gasteiger partial charge in [0, 0.05) is 30.8 Å². The Hall–Kier alpha value is -4.43. The molecule has 1 saturated heterocycles. The number of carbonyl (C=O) groups excluding carboxylic acids is 3. The van der Waals surface area contributed by atoms with Crippen LogP contribution in [0.4, 0.5) is 39.1 Å². The second-order valence-corrected chi connectivity index (χ2v) is 11.5. The van der Waals surface area contributed by atoms with Gasteiger partial charge < -0.3 is 15.1 Å². The predicted octanol–water partition coefficient (Wildman–Crippen LogP) is 5.09. The minimum absolute atomic E-state index is 0.0201. The predicted molar refractivity (Wildman–Crippen MR) is 164 cm³/mol. The van der Waals surface area contributed by atoms with Crippen molar-refractivity contribution in [1.29, 1.82) is 0 Å². The van der Waals surface area contributed by atoms with E-state index in [0.717, 1.165) is 4.90 Å². The molecule has 250 valence electrons. The number of pyridine rings is 1. The summed E-state index contributed by atoms with van der Waals surface area (Å²) in [5.41, 5.74) is 0.0121. The lowest BCUT2D eigenvalue weighted by Gasteiger charge is -2.35. The van der Waals surface area contributed by atoms with Gasteiger partial charge in [0.1, 0.15) is 0 Å². The number of para-hydroxylation sites is 1.